The topological polar surface area (TPSA) is 0 Å². The molecule has 2 heteroatoms. The standard InChI is InChI=1S/C35H74N.BrH/c1-6-8-10-12-14-16-18-20-22-24-26-28-30-32-34-36(4,5)35(3)33-31-29-27-25-23-21-19-17-15-13-11-9-7-2;/h35H,6-34H2,1-5H3;1H/q+1;/p-1. The molecule has 0 spiro atoms. The summed E-state index contributed by atoms with van der Waals surface area (Å²) in [5.74, 6) is 0. The van der Waals surface area contributed by atoms with Gasteiger partial charge in [0.05, 0.1) is 26.7 Å². The van der Waals surface area contributed by atoms with E-state index < -0.39 is 0 Å². The molecule has 0 bridgehead atoms. The molecule has 0 saturated carbocycles. The van der Waals surface area contributed by atoms with Crippen molar-refractivity contribution in [2.24, 2.45) is 0 Å². The van der Waals surface area contributed by atoms with Crippen molar-refractivity contribution in [3.63, 3.8) is 0 Å². The Balaban J connectivity index is 0. The molecule has 0 aromatic rings. The Morgan fingerprint density at radius 2 is 0.622 bits per heavy atom. The number of hydrogen-bond donors (Lipinski definition) is 0. The molecule has 0 aromatic carbocycles. The highest BCUT2D eigenvalue weighted by Gasteiger charge is 2.22. The van der Waals surface area contributed by atoms with Crippen molar-refractivity contribution < 1.29 is 21.5 Å². The second-order valence-electron chi connectivity index (χ2n) is 13.0. The molecule has 1 nitrogen and oxygen atoms in total. The van der Waals surface area contributed by atoms with E-state index >= 15 is 0 Å². The molecule has 1 unspecified atom stereocenters. The van der Waals surface area contributed by atoms with Crippen molar-refractivity contribution in [2.75, 3.05) is 20.6 Å². The fourth-order valence-electron chi connectivity index (χ4n) is 5.74. The van der Waals surface area contributed by atoms with Gasteiger partial charge in [-0.3, -0.25) is 0 Å². The first kappa shape index (κ1) is 39.6. The van der Waals surface area contributed by atoms with Gasteiger partial charge in [-0.2, -0.15) is 0 Å². The lowest BCUT2D eigenvalue weighted by molar-refractivity contribution is -0.913. The van der Waals surface area contributed by atoms with Crippen LogP contribution in [0.2, 0.25) is 0 Å². The molecule has 226 valence electrons. The van der Waals surface area contributed by atoms with Crippen LogP contribution in [-0.2, 0) is 0 Å². The molecule has 0 aromatic heterocycles. The highest BCUT2D eigenvalue weighted by atomic mass is 79.9. The van der Waals surface area contributed by atoms with Gasteiger partial charge >= 0.3 is 0 Å². The van der Waals surface area contributed by atoms with Gasteiger partial charge in [-0.05, 0) is 32.6 Å². The summed E-state index contributed by atoms with van der Waals surface area (Å²) in [6.07, 6.45) is 40.8. The first-order chi connectivity index (χ1) is 17.5. The molecule has 0 rings (SSSR count). The Bertz CT molecular complexity index is 408. The molecule has 0 amide bonds. The van der Waals surface area contributed by atoms with Gasteiger partial charge in [0.15, 0.2) is 0 Å². The molecule has 0 heterocycles. The van der Waals surface area contributed by atoms with E-state index in [1.54, 1.807) is 0 Å². The lowest BCUT2D eigenvalue weighted by atomic mass is 10.0. The van der Waals surface area contributed by atoms with Crippen LogP contribution in [0.25, 0.3) is 0 Å². The van der Waals surface area contributed by atoms with Gasteiger partial charge in [0.1, 0.15) is 0 Å². The monoisotopic (exact) mass is 588 g/mol. The zero-order valence-corrected chi connectivity index (χ0v) is 28.5. The van der Waals surface area contributed by atoms with Crippen LogP contribution in [0.1, 0.15) is 201 Å². The molecule has 0 N–H and O–H groups in total. The number of nitrogens with zero attached hydrogens (tertiary/aromatic N) is 1. The van der Waals surface area contributed by atoms with Gasteiger partial charge in [-0.15, -0.1) is 0 Å². The number of rotatable bonds is 30. The summed E-state index contributed by atoms with van der Waals surface area (Å²) in [4.78, 5) is 0. The SMILES string of the molecule is CCCCCCCCCCCCCCCC[N+](C)(C)C(C)CCCCCCCCCCCCCCC.[Br-]. The normalized spacial score (nSPS) is 12.6. The molecular weight excluding hydrogens is 514 g/mol. The first-order valence-corrected chi connectivity index (χ1v) is 17.4. The Morgan fingerprint density at radius 3 is 0.919 bits per heavy atom. The van der Waals surface area contributed by atoms with Crippen LogP contribution in [0.5, 0.6) is 0 Å². The fourth-order valence-corrected chi connectivity index (χ4v) is 5.74. The van der Waals surface area contributed by atoms with Gasteiger partial charge in [-0.1, -0.05) is 168 Å². The van der Waals surface area contributed by atoms with Gasteiger partial charge in [0.2, 0.25) is 0 Å². The van der Waals surface area contributed by atoms with E-state index in [2.05, 4.69) is 34.9 Å². The minimum atomic E-state index is 0. The summed E-state index contributed by atoms with van der Waals surface area (Å²) in [7, 11) is 4.96. The minimum Gasteiger partial charge on any atom is -1.00 e. The molecule has 0 saturated heterocycles. The van der Waals surface area contributed by atoms with E-state index in [4.69, 9.17) is 0 Å². The van der Waals surface area contributed by atoms with E-state index in [1.165, 1.54) is 191 Å². The predicted molar refractivity (Wildman–Crippen MR) is 167 cm³/mol. The van der Waals surface area contributed by atoms with Crippen molar-refractivity contribution in [1.82, 2.24) is 0 Å². The van der Waals surface area contributed by atoms with Gasteiger partial charge < -0.3 is 21.5 Å². The predicted octanol–water partition coefficient (Wildman–Crippen LogP) is 9.42. The average Bonchev–Trinajstić information content (AvgIpc) is 2.86. The summed E-state index contributed by atoms with van der Waals surface area (Å²) in [6, 6.07) is 0.819. The van der Waals surface area contributed by atoms with Crippen LogP contribution in [0, 0.1) is 0 Å². The zero-order chi connectivity index (χ0) is 26.6. The summed E-state index contributed by atoms with van der Waals surface area (Å²) in [5, 5.41) is 0. The highest BCUT2D eigenvalue weighted by Crippen LogP contribution is 2.19. The molecule has 37 heavy (non-hydrogen) atoms. The second kappa shape index (κ2) is 31.0. The third kappa shape index (κ3) is 29.3. The van der Waals surface area contributed by atoms with Crippen LogP contribution in [-0.4, -0.2) is 31.2 Å². The Hall–Kier alpha value is 0.440. The number of unbranched alkanes of at least 4 members (excludes halogenated alkanes) is 25. The summed E-state index contributed by atoms with van der Waals surface area (Å²) in [5.41, 5.74) is 0. The summed E-state index contributed by atoms with van der Waals surface area (Å²) >= 11 is 0. The van der Waals surface area contributed by atoms with Crippen LogP contribution >= 0.6 is 0 Å². The molecule has 0 aliphatic heterocycles. The van der Waals surface area contributed by atoms with Gasteiger partial charge in [0, 0.05) is 0 Å². The number of quaternary nitrogens is 1. The van der Waals surface area contributed by atoms with E-state index in [1.807, 2.05) is 0 Å². The van der Waals surface area contributed by atoms with Gasteiger partial charge in [0.25, 0.3) is 0 Å². The minimum absolute atomic E-state index is 0. The zero-order valence-electron chi connectivity index (χ0n) is 26.9. The van der Waals surface area contributed by atoms with Crippen LogP contribution in [0.4, 0.5) is 0 Å². The maximum Gasteiger partial charge on any atom is 0.0857 e. The van der Waals surface area contributed by atoms with E-state index in [9.17, 15) is 0 Å². The maximum absolute atomic E-state index is 2.50. The van der Waals surface area contributed by atoms with E-state index in [-0.39, 0.29) is 17.0 Å². The van der Waals surface area contributed by atoms with E-state index in [0.29, 0.717) is 0 Å². The van der Waals surface area contributed by atoms with Crippen molar-refractivity contribution in [1.29, 1.82) is 0 Å². The molecule has 0 radical (unpaired) electrons. The Labute approximate surface area is 248 Å². The van der Waals surface area contributed by atoms with Crippen LogP contribution in [0.3, 0.4) is 0 Å². The average molecular weight is 589 g/mol. The quantitative estimate of drug-likeness (QED) is 0.0579. The lowest BCUT2D eigenvalue weighted by Gasteiger charge is -2.36. The number of halogens is 1. The van der Waals surface area contributed by atoms with Crippen molar-refractivity contribution in [2.45, 2.75) is 207 Å². The fraction of sp³-hybridized carbons (Fsp3) is 1.00. The van der Waals surface area contributed by atoms with Gasteiger partial charge in [-0.25, -0.2) is 0 Å². The lowest BCUT2D eigenvalue weighted by Crippen LogP contribution is -3.00. The Morgan fingerprint density at radius 1 is 0.378 bits per heavy atom. The van der Waals surface area contributed by atoms with Crippen LogP contribution in [0.15, 0.2) is 0 Å². The smallest absolute Gasteiger partial charge is 0.0857 e. The third-order valence-corrected chi connectivity index (χ3v) is 9.01. The second-order valence-corrected chi connectivity index (χ2v) is 13.0. The van der Waals surface area contributed by atoms with Crippen molar-refractivity contribution >= 4 is 0 Å². The number of hydrogen-bond acceptors (Lipinski definition) is 0. The largest absolute Gasteiger partial charge is 1.00 e. The first-order valence-electron chi connectivity index (χ1n) is 17.4. The third-order valence-electron chi connectivity index (χ3n) is 9.01. The maximum atomic E-state index is 2.50. The van der Waals surface area contributed by atoms with Crippen molar-refractivity contribution in [3.8, 4) is 0 Å². The van der Waals surface area contributed by atoms with Crippen molar-refractivity contribution in [3.05, 3.63) is 0 Å². The van der Waals surface area contributed by atoms with E-state index in [0.717, 1.165) is 6.04 Å². The summed E-state index contributed by atoms with van der Waals surface area (Å²) < 4.78 is 1.23. The highest BCUT2D eigenvalue weighted by molar-refractivity contribution is 4.56. The molecule has 0 aliphatic rings. The molecule has 0 fully saturated rings. The molecule has 1 atom stereocenters. The molecule has 0 aliphatic carbocycles. The molecular formula is C35H74BrN. The Kier molecular flexibility index (Phi) is 33.1. The van der Waals surface area contributed by atoms with Crippen LogP contribution < -0.4 is 17.0 Å². The summed E-state index contributed by atoms with van der Waals surface area (Å²) in [6.45, 7) is 8.49.